The van der Waals surface area contributed by atoms with E-state index in [2.05, 4.69) is 5.32 Å². The van der Waals surface area contributed by atoms with E-state index in [1.807, 2.05) is 6.92 Å². The Morgan fingerprint density at radius 1 is 1.06 bits per heavy atom. The predicted molar refractivity (Wildman–Crippen MR) is 138 cm³/mol. The molecule has 0 saturated carbocycles. The molecule has 0 spiro atoms. The van der Waals surface area contributed by atoms with Crippen LogP contribution in [0.15, 0.2) is 36.4 Å². The molecule has 7 nitrogen and oxygen atoms in total. The average Bonchev–Trinajstić information content (AvgIpc) is 2.80. The number of nitrogens with zero attached hydrogens (tertiary/aromatic N) is 2. The van der Waals surface area contributed by atoms with E-state index in [0.717, 1.165) is 31.2 Å². The fourth-order valence-corrected chi connectivity index (χ4v) is 4.82. The lowest BCUT2D eigenvalue weighted by Gasteiger charge is -2.33. The molecule has 0 heterocycles. The van der Waals surface area contributed by atoms with Crippen LogP contribution < -0.4 is 9.62 Å². The zero-order valence-electron chi connectivity index (χ0n) is 20.2. The third-order valence-electron chi connectivity index (χ3n) is 5.44. The van der Waals surface area contributed by atoms with Crippen molar-refractivity contribution < 1.29 is 26.8 Å². The fraction of sp³-hybridized carbons (Fsp3) is 0.417. The third-order valence-corrected chi connectivity index (χ3v) is 7.17. The lowest BCUT2D eigenvalue weighted by atomic mass is 10.1. The van der Waals surface area contributed by atoms with Gasteiger partial charge in [-0.15, -0.1) is 0 Å². The summed E-state index contributed by atoms with van der Waals surface area (Å²) >= 11 is 12.3. The van der Waals surface area contributed by atoms with Gasteiger partial charge < -0.3 is 10.2 Å². The maximum Gasteiger partial charge on any atom is 0.244 e. The molecule has 0 unspecified atom stereocenters. The van der Waals surface area contributed by atoms with Crippen molar-refractivity contribution in [3.05, 3.63) is 63.6 Å². The van der Waals surface area contributed by atoms with Gasteiger partial charge in [0.15, 0.2) is 11.6 Å². The van der Waals surface area contributed by atoms with Gasteiger partial charge in [-0.25, -0.2) is 17.2 Å². The van der Waals surface area contributed by atoms with E-state index in [4.69, 9.17) is 23.2 Å². The number of sulfonamides is 1. The molecule has 0 fully saturated rings. The predicted octanol–water partition coefficient (Wildman–Crippen LogP) is 4.76. The number of carbonyl (C=O) groups excluding carboxylic acids is 2. The minimum Gasteiger partial charge on any atom is -0.354 e. The minimum atomic E-state index is -4.08. The first kappa shape index (κ1) is 29.8. The van der Waals surface area contributed by atoms with Crippen LogP contribution in [0, 0.1) is 11.6 Å². The van der Waals surface area contributed by atoms with Crippen molar-refractivity contribution in [3.63, 3.8) is 0 Å². The summed E-state index contributed by atoms with van der Waals surface area (Å²) in [5.41, 5.74) is 0.266. The first-order valence-electron chi connectivity index (χ1n) is 11.3. The monoisotopic (exact) mass is 563 g/mol. The Kier molecular flexibility index (Phi) is 10.9. The highest BCUT2D eigenvalue weighted by molar-refractivity contribution is 7.92. The van der Waals surface area contributed by atoms with E-state index < -0.39 is 46.1 Å². The number of anilines is 1. The summed E-state index contributed by atoms with van der Waals surface area (Å²) in [6, 6.07) is 6.27. The maximum atomic E-state index is 13.9. The van der Waals surface area contributed by atoms with Crippen molar-refractivity contribution in [2.24, 2.45) is 0 Å². The van der Waals surface area contributed by atoms with Gasteiger partial charge in [-0.2, -0.15) is 0 Å². The van der Waals surface area contributed by atoms with Crippen LogP contribution in [0.2, 0.25) is 10.0 Å². The SMILES string of the molecule is CCCCNC(=O)[C@@H](CC)N(Cc1ccc(Cl)cc1Cl)C(=O)CN(c1ccc(F)c(F)c1)S(C)(=O)=O. The van der Waals surface area contributed by atoms with Gasteiger partial charge in [0.25, 0.3) is 0 Å². The zero-order chi connectivity index (χ0) is 27.0. The molecule has 1 atom stereocenters. The number of rotatable bonds is 12. The van der Waals surface area contributed by atoms with Crippen molar-refractivity contribution in [1.82, 2.24) is 10.2 Å². The second-order valence-electron chi connectivity index (χ2n) is 8.19. The molecular formula is C24H29Cl2F2N3O4S. The lowest BCUT2D eigenvalue weighted by Crippen LogP contribution is -2.52. The number of nitrogens with one attached hydrogen (secondary N) is 1. The molecule has 2 amide bonds. The average molecular weight is 564 g/mol. The van der Waals surface area contributed by atoms with Crippen LogP contribution in [0.5, 0.6) is 0 Å². The van der Waals surface area contributed by atoms with Gasteiger partial charge >= 0.3 is 0 Å². The molecular weight excluding hydrogens is 535 g/mol. The zero-order valence-corrected chi connectivity index (χ0v) is 22.6. The topological polar surface area (TPSA) is 86.8 Å². The van der Waals surface area contributed by atoms with Crippen LogP contribution in [0.4, 0.5) is 14.5 Å². The second kappa shape index (κ2) is 13.2. The molecule has 0 aliphatic rings. The largest absolute Gasteiger partial charge is 0.354 e. The molecule has 0 aromatic heterocycles. The molecule has 12 heteroatoms. The lowest BCUT2D eigenvalue weighted by molar-refractivity contribution is -0.140. The van der Waals surface area contributed by atoms with Gasteiger partial charge in [0.2, 0.25) is 21.8 Å². The summed E-state index contributed by atoms with van der Waals surface area (Å²) in [5.74, 6) is -3.55. The normalized spacial score (nSPS) is 12.2. The Labute approximate surface area is 220 Å². The highest BCUT2D eigenvalue weighted by Crippen LogP contribution is 2.25. The summed E-state index contributed by atoms with van der Waals surface area (Å²) in [6.45, 7) is 3.26. The molecule has 2 aromatic carbocycles. The summed E-state index contributed by atoms with van der Waals surface area (Å²) in [5, 5.41) is 3.45. The molecule has 1 N–H and O–H groups in total. The van der Waals surface area contributed by atoms with Crippen molar-refractivity contribution in [2.75, 3.05) is 23.7 Å². The second-order valence-corrected chi connectivity index (χ2v) is 10.9. The standard InChI is InChI=1S/C24H29Cl2F2N3O4S/c1-4-6-11-29-24(33)22(5-2)30(14-16-7-8-17(25)12-19(16)26)23(32)15-31(36(3,34)35)18-9-10-20(27)21(28)13-18/h7-10,12-13,22H,4-6,11,14-15H2,1-3H3,(H,29,33)/t22-/m1/s1. The van der Waals surface area contributed by atoms with Gasteiger partial charge in [-0.05, 0) is 42.7 Å². The molecule has 36 heavy (non-hydrogen) atoms. The van der Waals surface area contributed by atoms with Crippen LogP contribution >= 0.6 is 23.2 Å². The first-order valence-corrected chi connectivity index (χ1v) is 13.9. The molecule has 0 radical (unpaired) electrons. The number of hydrogen-bond acceptors (Lipinski definition) is 4. The molecule has 0 saturated heterocycles. The van der Waals surface area contributed by atoms with Crippen molar-refractivity contribution in [3.8, 4) is 0 Å². The quantitative estimate of drug-likeness (QED) is 0.377. The van der Waals surface area contributed by atoms with E-state index in [1.165, 1.54) is 11.0 Å². The van der Waals surface area contributed by atoms with Crippen LogP contribution in [0.3, 0.4) is 0 Å². The van der Waals surface area contributed by atoms with Gasteiger partial charge in [0, 0.05) is 29.2 Å². The Balaban J connectivity index is 2.46. The number of benzene rings is 2. The molecule has 0 aliphatic carbocycles. The summed E-state index contributed by atoms with van der Waals surface area (Å²) in [7, 11) is -4.08. The van der Waals surface area contributed by atoms with E-state index in [-0.39, 0.29) is 23.7 Å². The van der Waals surface area contributed by atoms with E-state index in [9.17, 15) is 26.8 Å². The van der Waals surface area contributed by atoms with Gasteiger partial charge in [-0.3, -0.25) is 13.9 Å². The molecule has 2 aromatic rings. The van der Waals surface area contributed by atoms with Gasteiger partial charge in [0.1, 0.15) is 12.6 Å². The third kappa shape index (κ3) is 8.04. The number of carbonyl (C=O) groups is 2. The van der Waals surface area contributed by atoms with Crippen LogP contribution in [-0.2, 0) is 26.2 Å². The molecule has 198 valence electrons. The maximum absolute atomic E-state index is 13.9. The molecule has 0 aliphatic heterocycles. The summed E-state index contributed by atoms with van der Waals surface area (Å²) in [4.78, 5) is 27.8. The van der Waals surface area contributed by atoms with Crippen molar-refractivity contribution >= 4 is 50.7 Å². The van der Waals surface area contributed by atoms with Crippen molar-refractivity contribution in [1.29, 1.82) is 0 Å². The molecule has 2 rings (SSSR count). The highest BCUT2D eigenvalue weighted by Gasteiger charge is 2.32. The number of unbranched alkanes of at least 4 members (excludes halogenated alkanes) is 1. The fourth-order valence-electron chi connectivity index (χ4n) is 3.51. The minimum absolute atomic E-state index is 0.107. The number of halogens is 4. The van der Waals surface area contributed by atoms with E-state index >= 15 is 0 Å². The van der Waals surface area contributed by atoms with Crippen LogP contribution in [0.25, 0.3) is 0 Å². The van der Waals surface area contributed by atoms with E-state index in [0.29, 0.717) is 27.5 Å². The Hall–Kier alpha value is -2.43. The highest BCUT2D eigenvalue weighted by atomic mass is 35.5. The van der Waals surface area contributed by atoms with Gasteiger partial charge in [-0.1, -0.05) is 49.5 Å². The molecule has 0 bridgehead atoms. The summed E-state index contributed by atoms with van der Waals surface area (Å²) in [6.07, 6.45) is 2.68. The van der Waals surface area contributed by atoms with Crippen LogP contribution in [0.1, 0.15) is 38.7 Å². The van der Waals surface area contributed by atoms with Gasteiger partial charge in [0.05, 0.1) is 11.9 Å². The Morgan fingerprint density at radius 3 is 2.31 bits per heavy atom. The van der Waals surface area contributed by atoms with Crippen LogP contribution in [-0.4, -0.2) is 50.5 Å². The Bertz CT molecular complexity index is 1200. The first-order chi connectivity index (χ1) is 16.9. The number of hydrogen-bond donors (Lipinski definition) is 1. The van der Waals surface area contributed by atoms with Crippen molar-refractivity contribution in [2.45, 2.75) is 45.7 Å². The Morgan fingerprint density at radius 2 is 1.75 bits per heavy atom. The summed E-state index contributed by atoms with van der Waals surface area (Å²) < 4.78 is 53.0. The smallest absolute Gasteiger partial charge is 0.244 e. The number of amides is 2. The van der Waals surface area contributed by atoms with E-state index in [1.54, 1.807) is 19.1 Å².